The Labute approximate surface area is 98.4 Å². The van der Waals surface area contributed by atoms with E-state index in [0.717, 1.165) is 22.0 Å². The summed E-state index contributed by atoms with van der Waals surface area (Å²) in [6, 6.07) is 7.47. The van der Waals surface area contributed by atoms with Gasteiger partial charge in [-0.2, -0.15) is 0 Å². The van der Waals surface area contributed by atoms with Crippen LogP contribution in [-0.4, -0.2) is 10.1 Å². The maximum Gasteiger partial charge on any atom is 0.131 e. The molecule has 0 bridgehead atoms. The molecule has 0 saturated heterocycles. The van der Waals surface area contributed by atoms with Gasteiger partial charge >= 0.3 is 0 Å². The molecule has 16 heavy (non-hydrogen) atoms. The number of hydrogen-bond acceptors (Lipinski definition) is 4. The van der Waals surface area contributed by atoms with Crippen molar-refractivity contribution in [2.75, 3.05) is 0 Å². The van der Waals surface area contributed by atoms with Crippen molar-refractivity contribution in [2.24, 2.45) is 0 Å². The standard InChI is InChI=1S/C12H13NO2S/c1-9-13-11(8-16-9)7-15-12-5-3-2-4-10(12)6-14/h2-5,8,14H,6-7H2,1H3. The van der Waals surface area contributed by atoms with Crippen LogP contribution in [0.2, 0.25) is 0 Å². The fourth-order valence-electron chi connectivity index (χ4n) is 1.40. The minimum atomic E-state index is -0.00767. The zero-order chi connectivity index (χ0) is 11.4. The Bertz CT molecular complexity index is 468. The highest BCUT2D eigenvalue weighted by atomic mass is 32.1. The van der Waals surface area contributed by atoms with Crippen LogP contribution < -0.4 is 4.74 Å². The highest BCUT2D eigenvalue weighted by molar-refractivity contribution is 7.09. The summed E-state index contributed by atoms with van der Waals surface area (Å²) in [5, 5.41) is 12.1. The van der Waals surface area contributed by atoms with E-state index in [1.807, 2.05) is 36.6 Å². The van der Waals surface area contributed by atoms with Gasteiger partial charge in [0.05, 0.1) is 17.3 Å². The number of aromatic nitrogens is 1. The molecule has 0 unspecified atom stereocenters. The number of aryl methyl sites for hydroxylation is 1. The molecule has 0 amide bonds. The smallest absolute Gasteiger partial charge is 0.131 e. The molecule has 0 radical (unpaired) electrons. The molecule has 84 valence electrons. The third kappa shape index (κ3) is 2.59. The van der Waals surface area contributed by atoms with E-state index in [2.05, 4.69) is 4.98 Å². The van der Waals surface area contributed by atoms with Crippen LogP contribution in [-0.2, 0) is 13.2 Å². The average Bonchev–Trinajstić information content (AvgIpc) is 2.73. The molecule has 2 aromatic rings. The zero-order valence-electron chi connectivity index (χ0n) is 9.01. The summed E-state index contributed by atoms with van der Waals surface area (Å²) < 4.78 is 5.61. The predicted octanol–water partition coefficient (Wildman–Crippen LogP) is 2.52. The number of nitrogens with zero attached hydrogens (tertiary/aromatic N) is 1. The van der Waals surface area contributed by atoms with E-state index in [9.17, 15) is 0 Å². The minimum absolute atomic E-state index is 0.00767. The van der Waals surface area contributed by atoms with Gasteiger partial charge in [0.15, 0.2) is 0 Å². The van der Waals surface area contributed by atoms with E-state index in [0.29, 0.717) is 6.61 Å². The summed E-state index contributed by atoms with van der Waals surface area (Å²) in [4.78, 5) is 4.31. The van der Waals surface area contributed by atoms with Crippen LogP contribution in [0.25, 0.3) is 0 Å². The lowest BCUT2D eigenvalue weighted by Gasteiger charge is -2.08. The first-order valence-corrected chi connectivity index (χ1v) is 5.90. The molecule has 1 heterocycles. The second kappa shape index (κ2) is 5.09. The molecule has 0 saturated carbocycles. The van der Waals surface area contributed by atoms with Gasteiger partial charge in [-0.1, -0.05) is 18.2 Å². The number of rotatable bonds is 4. The Kier molecular flexibility index (Phi) is 3.54. The van der Waals surface area contributed by atoms with Crippen LogP contribution in [0.15, 0.2) is 29.6 Å². The van der Waals surface area contributed by atoms with Gasteiger partial charge < -0.3 is 9.84 Å². The lowest BCUT2D eigenvalue weighted by Crippen LogP contribution is -1.98. The Morgan fingerprint density at radius 1 is 1.38 bits per heavy atom. The number of hydrogen-bond donors (Lipinski definition) is 1. The molecule has 0 aliphatic heterocycles. The minimum Gasteiger partial charge on any atom is -0.487 e. The third-order valence-electron chi connectivity index (χ3n) is 2.19. The normalized spacial score (nSPS) is 10.4. The first-order valence-electron chi connectivity index (χ1n) is 5.02. The molecule has 0 aliphatic carbocycles. The summed E-state index contributed by atoms with van der Waals surface area (Å²) in [5.74, 6) is 0.718. The fourth-order valence-corrected chi connectivity index (χ4v) is 2.00. The largest absolute Gasteiger partial charge is 0.487 e. The molecule has 0 spiro atoms. The van der Waals surface area contributed by atoms with Gasteiger partial charge in [0.1, 0.15) is 12.4 Å². The molecule has 1 aromatic carbocycles. The van der Waals surface area contributed by atoms with Crippen LogP contribution >= 0.6 is 11.3 Å². The van der Waals surface area contributed by atoms with Gasteiger partial charge in [-0.3, -0.25) is 0 Å². The van der Waals surface area contributed by atoms with Gasteiger partial charge in [-0.05, 0) is 13.0 Å². The number of benzene rings is 1. The number of aliphatic hydroxyl groups excluding tert-OH is 1. The molecule has 1 aromatic heterocycles. The second-order valence-electron chi connectivity index (χ2n) is 3.41. The highest BCUT2D eigenvalue weighted by Crippen LogP contribution is 2.19. The van der Waals surface area contributed by atoms with E-state index in [4.69, 9.17) is 9.84 Å². The number of para-hydroxylation sites is 1. The van der Waals surface area contributed by atoms with Crippen LogP contribution in [0, 0.1) is 6.92 Å². The van der Waals surface area contributed by atoms with Gasteiger partial charge in [0.2, 0.25) is 0 Å². The quantitative estimate of drug-likeness (QED) is 0.885. The maximum atomic E-state index is 9.13. The summed E-state index contributed by atoms with van der Waals surface area (Å²) in [6.07, 6.45) is 0. The van der Waals surface area contributed by atoms with Crippen LogP contribution in [0.4, 0.5) is 0 Å². The summed E-state index contributed by atoms with van der Waals surface area (Å²) in [5.41, 5.74) is 1.73. The van der Waals surface area contributed by atoms with E-state index < -0.39 is 0 Å². The first kappa shape index (κ1) is 11.1. The number of thiazole rings is 1. The zero-order valence-corrected chi connectivity index (χ0v) is 9.83. The average molecular weight is 235 g/mol. The van der Waals surface area contributed by atoms with Gasteiger partial charge in [-0.25, -0.2) is 4.98 Å². The number of aliphatic hydroxyl groups is 1. The Morgan fingerprint density at radius 3 is 2.88 bits per heavy atom. The first-order chi connectivity index (χ1) is 7.79. The van der Waals surface area contributed by atoms with Crippen molar-refractivity contribution in [3.05, 3.63) is 45.9 Å². The maximum absolute atomic E-state index is 9.13. The topological polar surface area (TPSA) is 42.4 Å². The molecule has 4 heteroatoms. The second-order valence-corrected chi connectivity index (χ2v) is 4.47. The number of ether oxygens (including phenoxy) is 1. The van der Waals surface area contributed by atoms with Crippen molar-refractivity contribution in [2.45, 2.75) is 20.1 Å². The van der Waals surface area contributed by atoms with Gasteiger partial charge in [0, 0.05) is 10.9 Å². The molecule has 0 fully saturated rings. The van der Waals surface area contributed by atoms with Crippen molar-refractivity contribution in [1.82, 2.24) is 4.98 Å². The van der Waals surface area contributed by atoms with Crippen molar-refractivity contribution >= 4 is 11.3 Å². The van der Waals surface area contributed by atoms with Crippen LogP contribution in [0.1, 0.15) is 16.3 Å². The van der Waals surface area contributed by atoms with Crippen molar-refractivity contribution in [3.8, 4) is 5.75 Å². The van der Waals surface area contributed by atoms with E-state index in [1.165, 1.54) is 0 Å². The molecular weight excluding hydrogens is 222 g/mol. The lowest BCUT2D eigenvalue weighted by molar-refractivity contribution is 0.257. The van der Waals surface area contributed by atoms with E-state index in [-0.39, 0.29) is 6.61 Å². The molecule has 0 atom stereocenters. The van der Waals surface area contributed by atoms with Gasteiger partial charge in [-0.15, -0.1) is 11.3 Å². The van der Waals surface area contributed by atoms with Crippen molar-refractivity contribution < 1.29 is 9.84 Å². The van der Waals surface area contributed by atoms with Gasteiger partial charge in [0.25, 0.3) is 0 Å². The van der Waals surface area contributed by atoms with Crippen molar-refractivity contribution in [3.63, 3.8) is 0 Å². The van der Waals surface area contributed by atoms with Crippen LogP contribution in [0.5, 0.6) is 5.75 Å². The Hall–Kier alpha value is -1.39. The molecule has 0 aliphatic rings. The predicted molar refractivity (Wildman–Crippen MR) is 63.5 cm³/mol. The van der Waals surface area contributed by atoms with Crippen molar-refractivity contribution in [1.29, 1.82) is 0 Å². The third-order valence-corrected chi connectivity index (χ3v) is 3.01. The monoisotopic (exact) mass is 235 g/mol. The summed E-state index contributed by atoms with van der Waals surface area (Å²) in [6.45, 7) is 2.41. The summed E-state index contributed by atoms with van der Waals surface area (Å²) >= 11 is 1.61. The lowest BCUT2D eigenvalue weighted by atomic mass is 10.2. The van der Waals surface area contributed by atoms with E-state index in [1.54, 1.807) is 11.3 Å². The SMILES string of the molecule is Cc1nc(COc2ccccc2CO)cs1. The molecular formula is C12H13NO2S. The van der Waals surface area contributed by atoms with Crippen LogP contribution in [0.3, 0.4) is 0 Å². The highest BCUT2D eigenvalue weighted by Gasteiger charge is 2.03. The fraction of sp³-hybridized carbons (Fsp3) is 0.250. The Balaban J connectivity index is 2.04. The van der Waals surface area contributed by atoms with E-state index >= 15 is 0 Å². The molecule has 2 rings (SSSR count). The Morgan fingerprint density at radius 2 is 2.19 bits per heavy atom. The molecule has 3 nitrogen and oxygen atoms in total. The summed E-state index contributed by atoms with van der Waals surface area (Å²) in [7, 11) is 0. The molecule has 1 N–H and O–H groups in total.